The molecule has 0 saturated heterocycles. The highest BCUT2D eigenvalue weighted by molar-refractivity contribution is 5.95. The van der Waals surface area contributed by atoms with Gasteiger partial charge in [-0.2, -0.15) is 5.10 Å². The van der Waals surface area contributed by atoms with E-state index in [9.17, 15) is 4.79 Å². The molecule has 2 heterocycles. The van der Waals surface area contributed by atoms with Crippen LogP contribution in [0.5, 0.6) is 11.5 Å². The van der Waals surface area contributed by atoms with Crippen molar-refractivity contribution in [2.75, 3.05) is 6.79 Å². The van der Waals surface area contributed by atoms with Crippen molar-refractivity contribution >= 4 is 5.91 Å². The number of nitrogens with one attached hydrogen (secondary N) is 1. The van der Waals surface area contributed by atoms with Crippen LogP contribution in [-0.4, -0.2) is 22.5 Å². The molecule has 0 spiro atoms. The van der Waals surface area contributed by atoms with Crippen LogP contribution in [0.25, 0.3) is 0 Å². The van der Waals surface area contributed by atoms with E-state index < -0.39 is 0 Å². The van der Waals surface area contributed by atoms with Crippen molar-refractivity contribution in [3.63, 3.8) is 0 Å². The van der Waals surface area contributed by atoms with E-state index in [1.54, 1.807) is 6.20 Å². The smallest absolute Gasteiger partial charge is 0.255 e. The minimum Gasteiger partial charge on any atom is -0.454 e. The number of carbonyl (C=O) groups excluding carboxylic acids is 1. The van der Waals surface area contributed by atoms with Crippen LogP contribution >= 0.6 is 0 Å². The third kappa shape index (κ3) is 3.09. The molecule has 6 heteroatoms. The van der Waals surface area contributed by atoms with E-state index in [4.69, 9.17) is 9.47 Å². The molecule has 3 rings (SSSR count). The second kappa shape index (κ2) is 6.19. The van der Waals surface area contributed by atoms with Crippen molar-refractivity contribution in [2.45, 2.75) is 46.2 Å². The van der Waals surface area contributed by atoms with Crippen LogP contribution in [0, 0.1) is 0 Å². The molecule has 128 valence electrons. The summed E-state index contributed by atoms with van der Waals surface area (Å²) >= 11 is 0. The van der Waals surface area contributed by atoms with Gasteiger partial charge in [0.2, 0.25) is 6.79 Å². The van der Waals surface area contributed by atoms with E-state index in [-0.39, 0.29) is 18.2 Å². The fourth-order valence-electron chi connectivity index (χ4n) is 2.81. The number of rotatable bonds is 4. The first-order chi connectivity index (χ1) is 11.4. The minimum absolute atomic E-state index is 0.111. The van der Waals surface area contributed by atoms with Crippen LogP contribution in [0.4, 0.5) is 0 Å². The summed E-state index contributed by atoms with van der Waals surface area (Å²) in [6, 6.07) is 5.67. The van der Waals surface area contributed by atoms with Gasteiger partial charge >= 0.3 is 0 Å². The Kier molecular flexibility index (Phi) is 4.22. The van der Waals surface area contributed by atoms with Gasteiger partial charge < -0.3 is 14.8 Å². The summed E-state index contributed by atoms with van der Waals surface area (Å²) in [4.78, 5) is 12.6. The predicted octanol–water partition coefficient (Wildman–Crippen LogP) is 2.86. The van der Waals surface area contributed by atoms with Crippen LogP contribution in [0.15, 0.2) is 24.4 Å². The molecular weight excluding hydrogens is 306 g/mol. The molecule has 1 N–H and O–H groups in total. The third-order valence-corrected chi connectivity index (χ3v) is 3.97. The Balaban J connectivity index is 1.73. The summed E-state index contributed by atoms with van der Waals surface area (Å²) in [7, 11) is 0. The zero-order valence-electron chi connectivity index (χ0n) is 14.5. The number of nitrogens with zero attached hydrogens (tertiary/aromatic N) is 2. The Hall–Kier alpha value is -2.50. The molecule has 0 fully saturated rings. The van der Waals surface area contributed by atoms with Gasteiger partial charge in [-0.25, -0.2) is 0 Å². The standard InChI is InChI=1S/C18H23N3O3/c1-5-14-13(10-20-21(14)18(2,3)4)17(22)19-9-12-6-7-15-16(8-12)24-11-23-15/h6-8,10H,5,9,11H2,1-4H3,(H,19,22). The molecule has 0 bridgehead atoms. The number of carbonyl (C=O) groups is 1. The van der Waals surface area contributed by atoms with Crippen molar-refractivity contribution in [2.24, 2.45) is 0 Å². The molecular formula is C18H23N3O3. The Labute approximate surface area is 141 Å². The average molecular weight is 329 g/mol. The second-order valence-corrected chi connectivity index (χ2v) is 6.81. The Morgan fingerprint density at radius 1 is 1.29 bits per heavy atom. The zero-order valence-corrected chi connectivity index (χ0v) is 14.5. The number of benzene rings is 1. The van der Waals surface area contributed by atoms with Gasteiger partial charge in [0.1, 0.15) is 0 Å². The number of ether oxygens (including phenoxy) is 2. The number of aromatic nitrogens is 2. The van der Waals surface area contributed by atoms with E-state index >= 15 is 0 Å². The van der Waals surface area contributed by atoms with Crippen molar-refractivity contribution in [1.82, 2.24) is 15.1 Å². The molecule has 6 nitrogen and oxygen atoms in total. The van der Waals surface area contributed by atoms with Crippen LogP contribution < -0.4 is 14.8 Å². The normalized spacial score (nSPS) is 13.2. The lowest BCUT2D eigenvalue weighted by Gasteiger charge is -2.22. The van der Waals surface area contributed by atoms with E-state index in [2.05, 4.69) is 31.2 Å². The fourth-order valence-corrected chi connectivity index (χ4v) is 2.81. The summed E-state index contributed by atoms with van der Waals surface area (Å²) in [5.41, 5.74) is 2.40. The average Bonchev–Trinajstić information content (AvgIpc) is 3.17. The molecule has 0 unspecified atom stereocenters. The summed E-state index contributed by atoms with van der Waals surface area (Å²) in [6.07, 6.45) is 2.41. The molecule has 0 aliphatic carbocycles. The number of hydrogen-bond acceptors (Lipinski definition) is 4. The quantitative estimate of drug-likeness (QED) is 0.937. The molecule has 1 aliphatic heterocycles. The summed E-state index contributed by atoms with van der Waals surface area (Å²) in [5.74, 6) is 1.35. The largest absolute Gasteiger partial charge is 0.454 e. The maximum absolute atomic E-state index is 12.6. The van der Waals surface area contributed by atoms with E-state index in [1.165, 1.54) is 0 Å². The van der Waals surface area contributed by atoms with Crippen molar-refractivity contribution in [3.8, 4) is 11.5 Å². The first-order valence-electron chi connectivity index (χ1n) is 8.14. The van der Waals surface area contributed by atoms with Gasteiger partial charge in [-0.1, -0.05) is 13.0 Å². The first-order valence-corrected chi connectivity index (χ1v) is 8.14. The van der Waals surface area contributed by atoms with Gasteiger partial charge in [-0.05, 0) is 44.9 Å². The Morgan fingerprint density at radius 3 is 2.75 bits per heavy atom. The van der Waals surface area contributed by atoms with E-state index in [0.717, 1.165) is 29.2 Å². The molecule has 2 aromatic rings. The lowest BCUT2D eigenvalue weighted by atomic mass is 10.1. The minimum atomic E-state index is -0.152. The van der Waals surface area contributed by atoms with Crippen LogP contribution in [0.3, 0.4) is 0 Å². The SMILES string of the molecule is CCc1c(C(=O)NCc2ccc3c(c2)OCO3)cnn1C(C)(C)C. The molecule has 0 radical (unpaired) electrons. The maximum atomic E-state index is 12.6. The highest BCUT2D eigenvalue weighted by atomic mass is 16.7. The maximum Gasteiger partial charge on any atom is 0.255 e. The molecule has 1 aromatic carbocycles. The molecule has 0 atom stereocenters. The molecule has 24 heavy (non-hydrogen) atoms. The third-order valence-electron chi connectivity index (χ3n) is 3.97. The second-order valence-electron chi connectivity index (χ2n) is 6.81. The van der Waals surface area contributed by atoms with E-state index in [1.807, 2.05) is 29.8 Å². The molecule has 0 saturated carbocycles. The number of amides is 1. The van der Waals surface area contributed by atoms with Gasteiger partial charge in [-0.3, -0.25) is 9.48 Å². The predicted molar refractivity (Wildman–Crippen MR) is 90.3 cm³/mol. The van der Waals surface area contributed by atoms with Crippen molar-refractivity contribution in [1.29, 1.82) is 0 Å². The van der Waals surface area contributed by atoms with Crippen LogP contribution in [0.1, 0.15) is 49.3 Å². The summed E-state index contributed by atoms with van der Waals surface area (Å²) in [5, 5.41) is 7.36. The van der Waals surface area contributed by atoms with Gasteiger partial charge in [0.25, 0.3) is 5.91 Å². The topological polar surface area (TPSA) is 65.4 Å². The van der Waals surface area contributed by atoms with Gasteiger partial charge in [0.05, 0.1) is 23.0 Å². The van der Waals surface area contributed by atoms with Gasteiger partial charge in [0, 0.05) is 6.54 Å². The van der Waals surface area contributed by atoms with Gasteiger partial charge in [-0.15, -0.1) is 0 Å². The number of fused-ring (bicyclic) bond motifs is 1. The first kappa shape index (κ1) is 16.4. The Morgan fingerprint density at radius 2 is 2.04 bits per heavy atom. The van der Waals surface area contributed by atoms with E-state index in [0.29, 0.717) is 12.1 Å². The highest BCUT2D eigenvalue weighted by Gasteiger charge is 2.23. The molecule has 1 aliphatic rings. The highest BCUT2D eigenvalue weighted by Crippen LogP contribution is 2.32. The van der Waals surface area contributed by atoms with Crippen molar-refractivity contribution < 1.29 is 14.3 Å². The monoisotopic (exact) mass is 329 g/mol. The van der Waals surface area contributed by atoms with Crippen LogP contribution in [0.2, 0.25) is 0 Å². The summed E-state index contributed by atoms with van der Waals surface area (Å²) in [6.45, 7) is 8.94. The molecule has 1 aromatic heterocycles. The van der Waals surface area contributed by atoms with Crippen molar-refractivity contribution in [3.05, 3.63) is 41.2 Å². The summed E-state index contributed by atoms with van der Waals surface area (Å²) < 4.78 is 12.6. The fraction of sp³-hybridized carbons (Fsp3) is 0.444. The lowest BCUT2D eigenvalue weighted by Crippen LogP contribution is -2.27. The number of hydrogen-bond donors (Lipinski definition) is 1. The Bertz CT molecular complexity index is 759. The zero-order chi connectivity index (χ0) is 17.3. The lowest BCUT2D eigenvalue weighted by molar-refractivity contribution is 0.0949. The van der Waals surface area contributed by atoms with Crippen LogP contribution in [-0.2, 0) is 18.5 Å². The van der Waals surface area contributed by atoms with Gasteiger partial charge in [0.15, 0.2) is 11.5 Å². The molecule has 1 amide bonds.